The minimum atomic E-state index is -0.856. The van der Waals surface area contributed by atoms with Crippen molar-refractivity contribution >= 4 is 17.8 Å². The maximum Gasteiger partial charge on any atom is 0.328 e. The Bertz CT molecular complexity index is 886. The van der Waals surface area contributed by atoms with Gasteiger partial charge in [-0.15, -0.1) is 0 Å². The summed E-state index contributed by atoms with van der Waals surface area (Å²) in [6, 6.07) is 15.7. The van der Waals surface area contributed by atoms with Gasteiger partial charge in [-0.05, 0) is 22.1 Å². The van der Waals surface area contributed by atoms with Gasteiger partial charge in [0.05, 0.1) is 7.11 Å². The molecule has 166 valence electrons. The Labute approximate surface area is 184 Å². The quantitative estimate of drug-likeness (QED) is 0.638. The molecule has 0 aliphatic heterocycles. The summed E-state index contributed by atoms with van der Waals surface area (Å²) in [5.74, 6) is -1.28. The Kier molecular flexibility index (Phi) is 8.37. The zero-order chi connectivity index (χ0) is 23.0. The van der Waals surface area contributed by atoms with Gasteiger partial charge >= 0.3 is 5.97 Å². The second-order valence-electron chi connectivity index (χ2n) is 8.68. The molecule has 0 saturated carbocycles. The van der Waals surface area contributed by atoms with E-state index in [0.29, 0.717) is 12.8 Å². The largest absolute Gasteiger partial charge is 0.467 e. The van der Waals surface area contributed by atoms with E-state index in [0.717, 1.165) is 11.1 Å². The van der Waals surface area contributed by atoms with Crippen LogP contribution in [0.4, 0.5) is 0 Å². The number of hydrogen-bond acceptors (Lipinski definition) is 4. The van der Waals surface area contributed by atoms with E-state index in [1.54, 1.807) is 0 Å². The summed E-state index contributed by atoms with van der Waals surface area (Å²) in [6.45, 7) is 7.76. The van der Waals surface area contributed by atoms with Crippen LogP contribution in [0.2, 0.25) is 0 Å². The summed E-state index contributed by atoms with van der Waals surface area (Å²) in [4.78, 5) is 37.0. The summed E-state index contributed by atoms with van der Waals surface area (Å²) < 4.78 is 4.90. The molecule has 31 heavy (non-hydrogen) atoms. The highest BCUT2D eigenvalue weighted by Crippen LogP contribution is 2.22. The predicted octanol–water partition coefficient (Wildman–Crippen LogP) is 2.93. The van der Waals surface area contributed by atoms with Gasteiger partial charge in [-0.2, -0.15) is 0 Å². The van der Waals surface area contributed by atoms with E-state index < -0.39 is 24.0 Å². The topological polar surface area (TPSA) is 84.5 Å². The summed E-state index contributed by atoms with van der Waals surface area (Å²) in [5, 5.41) is 5.43. The van der Waals surface area contributed by atoms with Crippen LogP contribution in [0.15, 0.2) is 54.6 Å². The van der Waals surface area contributed by atoms with Gasteiger partial charge in [-0.25, -0.2) is 4.79 Å². The highest BCUT2D eigenvalue weighted by molar-refractivity contribution is 5.90. The van der Waals surface area contributed by atoms with E-state index in [1.807, 2.05) is 54.6 Å². The van der Waals surface area contributed by atoms with Crippen molar-refractivity contribution in [3.8, 4) is 0 Å². The average Bonchev–Trinajstić information content (AvgIpc) is 2.72. The predicted molar refractivity (Wildman–Crippen MR) is 121 cm³/mol. The van der Waals surface area contributed by atoms with Crippen LogP contribution in [0.1, 0.15) is 44.4 Å². The molecule has 2 N–H and O–H groups in total. The first kappa shape index (κ1) is 24.1. The number of methoxy groups -OCH3 is 1. The fourth-order valence-electron chi connectivity index (χ4n) is 3.29. The second kappa shape index (κ2) is 10.8. The smallest absolute Gasteiger partial charge is 0.328 e. The third kappa shape index (κ3) is 7.55. The molecule has 2 aromatic carbocycles. The number of nitrogens with one attached hydrogen (secondary N) is 2. The van der Waals surface area contributed by atoms with Crippen LogP contribution in [0, 0.1) is 0 Å². The van der Waals surface area contributed by atoms with Crippen molar-refractivity contribution in [3.63, 3.8) is 0 Å². The Morgan fingerprint density at radius 3 is 1.90 bits per heavy atom. The summed E-state index contributed by atoms with van der Waals surface area (Å²) >= 11 is 0. The Morgan fingerprint density at radius 2 is 1.39 bits per heavy atom. The van der Waals surface area contributed by atoms with E-state index in [9.17, 15) is 14.4 Å². The lowest BCUT2D eigenvalue weighted by molar-refractivity contribution is -0.145. The molecule has 2 aromatic rings. The number of amides is 2. The molecule has 6 heteroatoms. The lowest BCUT2D eigenvalue weighted by Crippen LogP contribution is -2.53. The highest BCUT2D eigenvalue weighted by Gasteiger charge is 2.27. The number of benzene rings is 2. The maximum atomic E-state index is 13.0. The molecule has 2 amide bonds. The van der Waals surface area contributed by atoms with Gasteiger partial charge in [0.2, 0.25) is 11.8 Å². The van der Waals surface area contributed by atoms with Crippen molar-refractivity contribution in [2.75, 3.05) is 7.11 Å². The Hall–Kier alpha value is -3.15. The van der Waals surface area contributed by atoms with Gasteiger partial charge in [-0.3, -0.25) is 9.59 Å². The van der Waals surface area contributed by atoms with E-state index in [2.05, 4.69) is 31.4 Å². The maximum absolute atomic E-state index is 13.0. The molecule has 0 aliphatic carbocycles. The minimum absolute atomic E-state index is 0.0253. The van der Waals surface area contributed by atoms with Crippen molar-refractivity contribution in [2.24, 2.45) is 0 Å². The molecule has 0 bridgehead atoms. The van der Waals surface area contributed by atoms with Gasteiger partial charge in [0.1, 0.15) is 12.1 Å². The first-order valence-corrected chi connectivity index (χ1v) is 10.4. The summed E-state index contributed by atoms with van der Waals surface area (Å²) in [6.07, 6.45) is 0.612. The molecule has 0 radical (unpaired) electrons. The van der Waals surface area contributed by atoms with Crippen LogP contribution < -0.4 is 10.6 Å². The Morgan fingerprint density at radius 1 is 0.839 bits per heavy atom. The number of ether oxygens (including phenoxy) is 1. The monoisotopic (exact) mass is 424 g/mol. The van der Waals surface area contributed by atoms with Crippen molar-refractivity contribution < 1.29 is 19.1 Å². The molecule has 2 atom stereocenters. The van der Waals surface area contributed by atoms with Crippen LogP contribution in [-0.2, 0) is 37.4 Å². The van der Waals surface area contributed by atoms with Gasteiger partial charge < -0.3 is 15.4 Å². The van der Waals surface area contributed by atoms with Crippen LogP contribution >= 0.6 is 0 Å². The first-order chi connectivity index (χ1) is 14.6. The van der Waals surface area contributed by atoms with Crippen LogP contribution in [0.5, 0.6) is 0 Å². The van der Waals surface area contributed by atoms with E-state index >= 15 is 0 Å². The molecular weight excluding hydrogens is 392 g/mol. The SMILES string of the molecule is COC(=O)[C@@H](Cc1ccc(C(C)(C)C)cc1)NC(=O)[C@@H](Cc1ccccc1)NC(C)=O. The van der Waals surface area contributed by atoms with Gasteiger partial charge in [-0.1, -0.05) is 75.4 Å². The standard InChI is InChI=1S/C25H32N2O4/c1-17(28)26-21(15-18-9-7-6-8-10-18)23(29)27-22(24(30)31-5)16-19-11-13-20(14-12-19)25(2,3)4/h6-14,21-22H,15-16H2,1-5H3,(H,26,28)(H,27,29)/t21-,22-/m1/s1. The van der Waals surface area contributed by atoms with Crippen LogP contribution in [-0.4, -0.2) is 37.0 Å². The minimum Gasteiger partial charge on any atom is -0.467 e. The van der Waals surface area contributed by atoms with Gasteiger partial charge in [0.25, 0.3) is 0 Å². The fraction of sp³-hybridized carbons (Fsp3) is 0.400. The second-order valence-corrected chi connectivity index (χ2v) is 8.68. The Balaban J connectivity index is 2.16. The number of carbonyl (C=O) groups is 3. The number of hydrogen-bond donors (Lipinski definition) is 2. The normalized spacial score (nSPS) is 13.1. The highest BCUT2D eigenvalue weighted by atomic mass is 16.5. The molecule has 0 aromatic heterocycles. The third-order valence-electron chi connectivity index (χ3n) is 5.04. The third-order valence-corrected chi connectivity index (χ3v) is 5.04. The molecule has 2 rings (SSSR count). The molecular formula is C25H32N2O4. The van der Waals surface area contributed by atoms with Crippen molar-refractivity contribution in [3.05, 3.63) is 71.3 Å². The van der Waals surface area contributed by atoms with Crippen molar-refractivity contribution in [2.45, 2.75) is 58.0 Å². The molecule has 0 aliphatic rings. The van der Waals surface area contributed by atoms with E-state index in [-0.39, 0.29) is 11.3 Å². The number of carbonyl (C=O) groups excluding carboxylic acids is 3. The zero-order valence-corrected chi connectivity index (χ0v) is 18.9. The van der Waals surface area contributed by atoms with Gasteiger partial charge in [0.15, 0.2) is 0 Å². The fourth-order valence-corrected chi connectivity index (χ4v) is 3.29. The zero-order valence-electron chi connectivity index (χ0n) is 18.9. The lowest BCUT2D eigenvalue weighted by Gasteiger charge is -2.23. The molecule has 0 fully saturated rings. The van der Waals surface area contributed by atoms with Crippen molar-refractivity contribution in [1.29, 1.82) is 0 Å². The van der Waals surface area contributed by atoms with Crippen molar-refractivity contribution in [1.82, 2.24) is 10.6 Å². The van der Waals surface area contributed by atoms with E-state index in [4.69, 9.17) is 4.74 Å². The molecule has 6 nitrogen and oxygen atoms in total. The van der Waals surface area contributed by atoms with E-state index in [1.165, 1.54) is 19.6 Å². The molecule has 0 saturated heterocycles. The molecule has 0 unspecified atom stereocenters. The first-order valence-electron chi connectivity index (χ1n) is 10.4. The van der Waals surface area contributed by atoms with Gasteiger partial charge in [0, 0.05) is 19.8 Å². The van der Waals surface area contributed by atoms with Crippen LogP contribution in [0.3, 0.4) is 0 Å². The molecule has 0 heterocycles. The van der Waals surface area contributed by atoms with Crippen LogP contribution in [0.25, 0.3) is 0 Å². The lowest BCUT2D eigenvalue weighted by atomic mass is 9.86. The molecule has 0 spiro atoms. The number of esters is 1. The summed E-state index contributed by atoms with van der Waals surface area (Å²) in [5.41, 5.74) is 3.02. The summed E-state index contributed by atoms with van der Waals surface area (Å²) in [7, 11) is 1.29. The average molecular weight is 425 g/mol. The number of rotatable bonds is 8.